The second-order valence-corrected chi connectivity index (χ2v) is 8.36. The van der Waals surface area contributed by atoms with Crippen LogP contribution in [0.2, 0.25) is 0 Å². The number of amides is 1. The van der Waals surface area contributed by atoms with E-state index in [-0.39, 0.29) is 5.57 Å². The molecule has 3 aromatic rings. The molecule has 0 unspecified atom stereocenters. The first-order chi connectivity index (χ1) is 16.5. The van der Waals surface area contributed by atoms with Crippen LogP contribution in [0.4, 0.5) is 5.13 Å². The summed E-state index contributed by atoms with van der Waals surface area (Å²) in [5, 5.41) is 21.3. The van der Waals surface area contributed by atoms with Crippen molar-refractivity contribution in [2.24, 2.45) is 0 Å². The number of ether oxygens (including phenoxy) is 3. The van der Waals surface area contributed by atoms with Crippen LogP contribution in [-0.2, 0) is 11.2 Å². The summed E-state index contributed by atoms with van der Waals surface area (Å²) in [4.78, 5) is 12.5. The van der Waals surface area contributed by atoms with E-state index in [0.29, 0.717) is 35.4 Å². The molecule has 1 aromatic heterocycles. The van der Waals surface area contributed by atoms with E-state index < -0.39 is 5.91 Å². The van der Waals surface area contributed by atoms with Crippen LogP contribution in [0.25, 0.3) is 6.08 Å². The van der Waals surface area contributed by atoms with Crippen molar-refractivity contribution in [3.05, 3.63) is 64.2 Å². The molecular weight excluding hydrogens is 452 g/mol. The SMILES string of the molecule is CCCc1nnc(NC(=O)/C(C#N)=C\c2ccc(OCCOc3cccc(C)c3)c(OC)c2)s1. The fourth-order valence-electron chi connectivity index (χ4n) is 3.01. The first-order valence-electron chi connectivity index (χ1n) is 10.8. The van der Waals surface area contributed by atoms with Crippen molar-refractivity contribution in [3.63, 3.8) is 0 Å². The Bertz CT molecular complexity index is 1200. The lowest BCUT2D eigenvalue weighted by Crippen LogP contribution is -2.13. The zero-order valence-corrected chi connectivity index (χ0v) is 20.1. The van der Waals surface area contributed by atoms with Crippen molar-refractivity contribution in [2.75, 3.05) is 25.6 Å². The predicted molar refractivity (Wildman–Crippen MR) is 131 cm³/mol. The highest BCUT2D eigenvalue weighted by atomic mass is 32.1. The standard InChI is InChI=1S/C25H26N4O4S/c1-4-6-23-28-29-25(34-23)27-24(30)19(16-26)14-18-9-10-21(22(15-18)31-3)33-12-11-32-20-8-5-7-17(2)13-20/h5,7-10,13-15H,4,6,11-12H2,1-3H3,(H,27,29,30)/b19-14-. The van der Waals surface area contributed by atoms with Crippen LogP contribution in [-0.4, -0.2) is 36.4 Å². The molecule has 1 heterocycles. The Balaban J connectivity index is 1.61. The highest BCUT2D eigenvalue weighted by Gasteiger charge is 2.14. The molecule has 0 bridgehead atoms. The third kappa shape index (κ3) is 7.05. The van der Waals surface area contributed by atoms with Crippen LogP contribution in [0.3, 0.4) is 0 Å². The number of carbonyl (C=O) groups is 1. The number of hydrogen-bond acceptors (Lipinski definition) is 8. The van der Waals surface area contributed by atoms with E-state index in [1.165, 1.54) is 24.5 Å². The van der Waals surface area contributed by atoms with Crippen LogP contribution in [0.5, 0.6) is 17.2 Å². The number of methoxy groups -OCH3 is 1. The Morgan fingerprint density at radius 3 is 2.71 bits per heavy atom. The van der Waals surface area contributed by atoms with Gasteiger partial charge in [0.05, 0.1) is 7.11 Å². The summed E-state index contributed by atoms with van der Waals surface area (Å²) in [6.07, 6.45) is 3.21. The second-order valence-electron chi connectivity index (χ2n) is 7.30. The average molecular weight is 479 g/mol. The summed E-state index contributed by atoms with van der Waals surface area (Å²) in [7, 11) is 1.53. The summed E-state index contributed by atoms with van der Waals surface area (Å²) in [6.45, 7) is 4.75. The number of nitrogens with one attached hydrogen (secondary N) is 1. The van der Waals surface area contributed by atoms with Gasteiger partial charge in [-0.2, -0.15) is 5.26 Å². The molecule has 0 atom stereocenters. The van der Waals surface area contributed by atoms with E-state index in [9.17, 15) is 10.1 Å². The molecule has 0 fully saturated rings. The smallest absolute Gasteiger partial charge is 0.268 e. The summed E-state index contributed by atoms with van der Waals surface area (Å²) >= 11 is 1.30. The average Bonchev–Trinajstić information content (AvgIpc) is 3.27. The number of nitriles is 1. The molecular formula is C25H26N4O4S. The number of carbonyl (C=O) groups excluding carboxylic acids is 1. The molecule has 0 aliphatic carbocycles. The molecule has 176 valence electrons. The number of anilines is 1. The Hall–Kier alpha value is -3.90. The Kier molecular flexibility index (Phi) is 9.00. The minimum Gasteiger partial charge on any atom is -0.493 e. The number of nitrogens with zero attached hydrogens (tertiary/aromatic N) is 3. The molecule has 9 heteroatoms. The molecule has 34 heavy (non-hydrogen) atoms. The van der Waals surface area contributed by atoms with E-state index in [2.05, 4.69) is 15.5 Å². The predicted octanol–water partition coefficient (Wildman–Crippen LogP) is 4.81. The summed E-state index contributed by atoms with van der Waals surface area (Å²) in [6, 6.07) is 14.9. The summed E-state index contributed by atoms with van der Waals surface area (Å²) in [5.74, 6) is 1.26. The first kappa shape index (κ1) is 24.7. The quantitative estimate of drug-likeness (QED) is 0.239. The number of aromatic nitrogens is 2. The molecule has 8 nitrogen and oxygen atoms in total. The lowest BCUT2D eigenvalue weighted by Gasteiger charge is -2.12. The Morgan fingerprint density at radius 1 is 1.15 bits per heavy atom. The van der Waals surface area contributed by atoms with Crippen LogP contribution in [0, 0.1) is 18.3 Å². The Labute approximate surface area is 202 Å². The molecule has 1 amide bonds. The van der Waals surface area contributed by atoms with Gasteiger partial charge in [-0.05, 0) is 54.8 Å². The zero-order valence-electron chi connectivity index (χ0n) is 19.3. The van der Waals surface area contributed by atoms with Gasteiger partial charge in [0.1, 0.15) is 35.6 Å². The molecule has 2 aromatic carbocycles. The van der Waals surface area contributed by atoms with Crippen molar-refractivity contribution in [1.29, 1.82) is 5.26 Å². The lowest BCUT2D eigenvalue weighted by atomic mass is 10.1. The van der Waals surface area contributed by atoms with Crippen LogP contribution in [0.1, 0.15) is 29.5 Å². The normalized spacial score (nSPS) is 10.9. The third-order valence-electron chi connectivity index (χ3n) is 4.61. The van der Waals surface area contributed by atoms with Crippen LogP contribution in [0.15, 0.2) is 48.0 Å². The van der Waals surface area contributed by atoms with Crippen molar-refractivity contribution in [3.8, 4) is 23.3 Å². The van der Waals surface area contributed by atoms with E-state index in [1.807, 2.05) is 44.2 Å². The van der Waals surface area contributed by atoms with Crippen molar-refractivity contribution in [2.45, 2.75) is 26.7 Å². The Morgan fingerprint density at radius 2 is 1.97 bits per heavy atom. The topological polar surface area (TPSA) is 106 Å². The highest BCUT2D eigenvalue weighted by Crippen LogP contribution is 2.29. The molecule has 3 rings (SSSR count). The summed E-state index contributed by atoms with van der Waals surface area (Å²) < 4.78 is 16.9. The monoisotopic (exact) mass is 478 g/mol. The highest BCUT2D eigenvalue weighted by molar-refractivity contribution is 7.15. The van der Waals surface area contributed by atoms with E-state index in [1.54, 1.807) is 18.2 Å². The van der Waals surface area contributed by atoms with Gasteiger partial charge in [0.15, 0.2) is 11.5 Å². The third-order valence-corrected chi connectivity index (χ3v) is 5.51. The van der Waals surface area contributed by atoms with E-state index in [0.717, 1.165) is 29.2 Å². The second kappa shape index (κ2) is 12.4. The van der Waals surface area contributed by atoms with Crippen LogP contribution >= 0.6 is 11.3 Å². The number of rotatable bonds is 11. The minimum absolute atomic E-state index is 0.0606. The van der Waals surface area contributed by atoms with Crippen molar-refractivity contribution >= 4 is 28.5 Å². The fourth-order valence-corrected chi connectivity index (χ4v) is 3.84. The largest absolute Gasteiger partial charge is 0.493 e. The zero-order chi connectivity index (χ0) is 24.3. The van der Waals surface area contributed by atoms with Gasteiger partial charge in [0, 0.05) is 6.42 Å². The van der Waals surface area contributed by atoms with Gasteiger partial charge < -0.3 is 14.2 Å². The van der Waals surface area contributed by atoms with Gasteiger partial charge in [-0.25, -0.2) is 0 Å². The van der Waals surface area contributed by atoms with Gasteiger partial charge >= 0.3 is 0 Å². The van der Waals surface area contributed by atoms with E-state index in [4.69, 9.17) is 14.2 Å². The lowest BCUT2D eigenvalue weighted by molar-refractivity contribution is -0.112. The maximum absolute atomic E-state index is 12.5. The molecule has 0 aliphatic heterocycles. The summed E-state index contributed by atoms with van der Waals surface area (Å²) in [5.41, 5.74) is 1.68. The molecule has 0 spiro atoms. The fraction of sp³-hybridized carbons (Fsp3) is 0.280. The van der Waals surface area contributed by atoms with E-state index >= 15 is 0 Å². The van der Waals surface area contributed by atoms with Gasteiger partial charge in [-0.3, -0.25) is 10.1 Å². The van der Waals surface area contributed by atoms with Gasteiger partial charge in [-0.15, -0.1) is 10.2 Å². The molecule has 0 radical (unpaired) electrons. The number of aryl methyl sites for hydroxylation is 2. The number of benzene rings is 2. The number of hydrogen-bond donors (Lipinski definition) is 1. The maximum Gasteiger partial charge on any atom is 0.268 e. The molecule has 0 aliphatic rings. The maximum atomic E-state index is 12.5. The van der Waals surface area contributed by atoms with Crippen LogP contribution < -0.4 is 19.5 Å². The molecule has 0 saturated carbocycles. The minimum atomic E-state index is -0.547. The van der Waals surface area contributed by atoms with Crippen molar-refractivity contribution < 1.29 is 19.0 Å². The van der Waals surface area contributed by atoms with Gasteiger partial charge in [0.25, 0.3) is 5.91 Å². The first-order valence-corrected chi connectivity index (χ1v) is 11.6. The molecule has 0 saturated heterocycles. The molecule has 1 N–H and O–H groups in total. The van der Waals surface area contributed by atoms with Gasteiger partial charge in [-0.1, -0.05) is 36.5 Å². The van der Waals surface area contributed by atoms with Crippen molar-refractivity contribution in [1.82, 2.24) is 10.2 Å². The van der Waals surface area contributed by atoms with Gasteiger partial charge in [0.2, 0.25) is 5.13 Å².